The number of benzene rings is 2. The van der Waals surface area contributed by atoms with Gasteiger partial charge in [-0.2, -0.15) is 5.26 Å². The molecule has 3 aromatic rings. The highest BCUT2D eigenvalue weighted by molar-refractivity contribution is 6.08. The number of carbonyl (C=O) groups excluding carboxylic acids is 2. The Labute approximate surface area is 182 Å². The normalized spacial score (nSPS) is 10.8. The highest BCUT2D eigenvalue weighted by Crippen LogP contribution is 2.24. The third-order valence-electron chi connectivity index (χ3n) is 5.15. The Morgan fingerprint density at radius 3 is 2.45 bits per heavy atom. The Morgan fingerprint density at radius 2 is 1.74 bits per heavy atom. The quantitative estimate of drug-likeness (QED) is 0.616. The van der Waals surface area contributed by atoms with Crippen molar-refractivity contribution in [2.75, 3.05) is 10.6 Å². The van der Waals surface area contributed by atoms with Gasteiger partial charge < -0.3 is 10.6 Å². The Kier molecular flexibility index (Phi) is 6.17. The monoisotopic (exact) mass is 412 g/mol. The van der Waals surface area contributed by atoms with Crippen molar-refractivity contribution >= 4 is 23.2 Å². The van der Waals surface area contributed by atoms with Gasteiger partial charge in [-0.3, -0.25) is 14.6 Å². The highest BCUT2D eigenvalue weighted by Gasteiger charge is 2.21. The van der Waals surface area contributed by atoms with Crippen molar-refractivity contribution in [3.63, 3.8) is 0 Å². The average molecular weight is 412 g/mol. The van der Waals surface area contributed by atoms with Crippen LogP contribution >= 0.6 is 0 Å². The van der Waals surface area contributed by atoms with E-state index in [0.717, 1.165) is 16.7 Å². The predicted octanol–water partition coefficient (Wildman–Crippen LogP) is 5.00. The van der Waals surface area contributed by atoms with Gasteiger partial charge in [0.25, 0.3) is 11.8 Å². The fraction of sp³-hybridized carbons (Fsp3) is 0.200. The van der Waals surface area contributed by atoms with E-state index in [2.05, 4.69) is 21.7 Å². The van der Waals surface area contributed by atoms with Crippen LogP contribution in [0.25, 0.3) is 0 Å². The van der Waals surface area contributed by atoms with E-state index in [-0.39, 0.29) is 11.8 Å². The first kappa shape index (κ1) is 21.7. The molecule has 0 bridgehead atoms. The third kappa shape index (κ3) is 4.96. The molecule has 0 unspecified atom stereocenters. The van der Waals surface area contributed by atoms with Crippen LogP contribution in [0.3, 0.4) is 0 Å². The van der Waals surface area contributed by atoms with Crippen LogP contribution < -0.4 is 10.6 Å². The molecule has 0 aliphatic rings. The molecule has 0 aliphatic carbocycles. The SMILES string of the molecule is Cc1ccncc1NC(=O)c1cc(NC(=O)c2cccc(C(C)(C)C#N)c2)ccc1C. The molecule has 2 aromatic carbocycles. The summed E-state index contributed by atoms with van der Waals surface area (Å²) in [6.45, 7) is 7.34. The van der Waals surface area contributed by atoms with E-state index in [4.69, 9.17) is 0 Å². The summed E-state index contributed by atoms with van der Waals surface area (Å²) in [4.78, 5) is 29.6. The van der Waals surface area contributed by atoms with Crippen molar-refractivity contribution in [1.82, 2.24) is 4.98 Å². The minimum Gasteiger partial charge on any atom is -0.322 e. The minimum atomic E-state index is -0.699. The molecular weight excluding hydrogens is 388 g/mol. The average Bonchev–Trinajstić information content (AvgIpc) is 2.76. The van der Waals surface area contributed by atoms with Crippen LogP contribution in [0.5, 0.6) is 0 Å². The maximum atomic E-state index is 12.8. The molecular formula is C25H24N4O2. The molecule has 0 aliphatic heterocycles. The van der Waals surface area contributed by atoms with Crippen LogP contribution in [-0.4, -0.2) is 16.8 Å². The van der Waals surface area contributed by atoms with Gasteiger partial charge in [0.05, 0.1) is 23.4 Å². The summed E-state index contributed by atoms with van der Waals surface area (Å²) in [5, 5.41) is 15.1. The lowest BCUT2D eigenvalue weighted by atomic mass is 9.85. The topological polar surface area (TPSA) is 94.9 Å². The number of pyridine rings is 1. The van der Waals surface area contributed by atoms with Gasteiger partial charge >= 0.3 is 0 Å². The Balaban J connectivity index is 1.81. The fourth-order valence-electron chi connectivity index (χ4n) is 3.05. The number of hydrogen-bond donors (Lipinski definition) is 2. The Morgan fingerprint density at radius 1 is 0.968 bits per heavy atom. The smallest absolute Gasteiger partial charge is 0.256 e. The summed E-state index contributed by atoms with van der Waals surface area (Å²) in [6.07, 6.45) is 3.27. The second kappa shape index (κ2) is 8.80. The molecule has 2 N–H and O–H groups in total. The van der Waals surface area contributed by atoms with Crippen molar-refractivity contribution < 1.29 is 9.59 Å². The number of amides is 2. The number of aromatic nitrogens is 1. The van der Waals surface area contributed by atoms with Gasteiger partial charge in [0.2, 0.25) is 0 Å². The van der Waals surface area contributed by atoms with E-state index in [1.54, 1.807) is 62.6 Å². The van der Waals surface area contributed by atoms with Crippen molar-refractivity contribution in [3.05, 3.63) is 88.7 Å². The summed E-state index contributed by atoms with van der Waals surface area (Å²) in [5.41, 5.74) is 3.81. The van der Waals surface area contributed by atoms with Crippen molar-refractivity contribution in [1.29, 1.82) is 5.26 Å². The Hall–Kier alpha value is -3.98. The highest BCUT2D eigenvalue weighted by atomic mass is 16.2. The number of nitrogens with one attached hydrogen (secondary N) is 2. The molecule has 6 nitrogen and oxygen atoms in total. The lowest BCUT2D eigenvalue weighted by Gasteiger charge is -2.16. The number of rotatable bonds is 5. The third-order valence-corrected chi connectivity index (χ3v) is 5.15. The first-order valence-electron chi connectivity index (χ1n) is 9.87. The summed E-state index contributed by atoms with van der Waals surface area (Å²) in [7, 11) is 0. The number of aryl methyl sites for hydroxylation is 2. The van der Waals surface area contributed by atoms with Gasteiger partial charge in [0.1, 0.15) is 0 Å². The minimum absolute atomic E-state index is 0.275. The van der Waals surface area contributed by atoms with Crippen molar-refractivity contribution in [2.45, 2.75) is 33.1 Å². The molecule has 156 valence electrons. The van der Waals surface area contributed by atoms with Crippen LogP contribution in [0.2, 0.25) is 0 Å². The first-order chi connectivity index (χ1) is 14.7. The van der Waals surface area contributed by atoms with E-state index >= 15 is 0 Å². The summed E-state index contributed by atoms with van der Waals surface area (Å²) < 4.78 is 0. The van der Waals surface area contributed by atoms with Crippen LogP contribution in [0.15, 0.2) is 60.9 Å². The number of hydrogen-bond acceptors (Lipinski definition) is 4. The van der Waals surface area contributed by atoms with E-state index in [1.165, 1.54) is 0 Å². The lowest BCUT2D eigenvalue weighted by molar-refractivity contribution is 0.101. The predicted molar refractivity (Wildman–Crippen MR) is 121 cm³/mol. The Bertz CT molecular complexity index is 1190. The largest absolute Gasteiger partial charge is 0.322 e. The second-order valence-corrected chi connectivity index (χ2v) is 7.95. The van der Waals surface area contributed by atoms with Crippen molar-refractivity contribution in [3.8, 4) is 6.07 Å². The molecule has 6 heteroatoms. The standard InChI is InChI=1S/C25H24N4O2/c1-16-8-9-20(13-21(16)24(31)29-22-14-27-11-10-17(22)2)28-23(30)18-6-5-7-19(12-18)25(3,4)15-26/h5-14H,1-4H3,(H,28,30)(H,29,31). The van der Waals surface area contributed by atoms with Gasteiger partial charge in [0.15, 0.2) is 0 Å². The van der Waals surface area contributed by atoms with Gasteiger partial charge in [-0.05, 0) is 74.7 Å². The van der Waals surface area contributed by atoms with Crippen molar-refractivity contribution in [2.24, 2.45) is 0 Å². The number of anilines is 2. The zero-order chi connectivity index (χ0) is 22.6. The fourth-order valence-corrected chi connectivity index (χ4v) is 3.05. The lowest BCUT2D eigenvalue weighted by Crippen LogP contribution is -2.18. The first-order valence-corrected chi connectivity index (χ1v) is 9.87. The van der Waals surface area contributed by atoms with Gasteiger partial charge in [-0.25, -0.2) is 0 Å². The van der Waals surface area contributed by atoms with E-state index in [9.17, 15) is 14.9 Å². The summed E-state index contributed by atoms with van der Waals surface area (Å²) in [5.74, 6) is -0.587. The summed E-state index contributed by atoms with van der Waals surface area (Å²) in [6, 6.07) is 16.2. The maximum absolute atomic E-state index is 12.8. The summed E-state index contributed by atoms with van der Waals surface area (Å²) >= 11 is 0. The van der Waals surface area contributed by atoms with E-state index in [0.29, 0.717) is 22.5 Å². The zero-order valence-electron chi connectivity index (χ0n) is 18.0. The van der Waals surface area contributed by atoms with Crippen LogP contribution in [0, 0.1) is 25.2 Å². The van der Waals surface area contributed by atoms with Crippen LogP contribution in [0.4, 0.5) is 11.4 Å². The van der Waals surface area contributed by atoms with Gasteiger partial charge in [0, 0.05) is 23.0 Å². The molecule has 1 aromatic heterocycles. The molecule has 0 radical (unpaired) electrons. The van der Waals surface area contributed by atoms with E-state index in [1.807, 2.05) is 26.0 Å². The molecule has 0 spiro atoms. The molecule has 0 saturated heterocycles. The number of nitrogens with zero attached hydrogens (tertiary/aromatic N) is 2. The number of carbonyl (C=O) groups is 2. The molecule has 31 heavy (non-hydrogen) atoms. The molecule has 2 amide bonds. The second-order valence-electron chi connectivity index (χ2n) is 7.95. The molecule has 3 rings (SSSR count). The van der Waals surface area contributed by atoms with Crippen LogP contribution in [-0.2, 0) is 5.41 Å². The van der Waals surface area contributed by atoms with E-state index < -0.39 is 5.41 Å². The maximum Gasteiger partial charge on any atom is 0.256 e. The molecule has 1 heterocycles. The van der Waals surface area contributed by atoms with Gasteiger partial charge in [-0.1, -0.05) is 18.2 Å². The molecule has 0 atom stereocenters. The molecule has 0 saturated carbocycles. The molecule has 0 fully saturated rings. The van der Waals surface area contributed by atoms with Gasteiger partial charge in [-0.15, -0.1) is 0 Å². The zero-order valence-corrected chi connectivity index (χ0v) is 18.0. The van der Waals surface area contributed by atoms with Crippen LogP contribution in [0.1, 0.15) is 51.3 Å². The number of nitriles is 1.